The molecule has 4 aromatic rings. The highest BCUT2D eigenvalue weighted by Gasteiger charge is 2.31. The van der Waals surface area contributed by atoms with Crippen LogP contribution in [0.2, 0.25) is 5.02 Å². The Morgan fingerprint density at radius 1 is 1.02 bits per heavy atom. The molecule has 1 fully saturated rings. The fourth-order valence-corrected chi connectivity index (χ4v) is 5.72. The molecule has 9 heteroatoms. The number of hydrogen-bond donors (Lipinski definition) is 2. The van der Waals surface area contributed by atoms with E-state index in [1.165, 1.54) is 18.2 Å². The molecular formula is C32H28ClF2N5O. The first-order valence-corrected chi connectivity index (χ1v) is 13.9. The fourth-order valence-electron chi connectivity index (χ4n) is 5.54. The van der Waals surface area contributed by atoms with Crippen molar-refractivity contribution in [2.75, 3.05) is 5.32 Å². The van der Waals surface area contributed by atoms with Gasteiger partial charge >= 0.3 is 0 Å². The average Bonchev–Trinajstić information content (AvgIpc) is 3.10. The molecule has 6 rings (SSSR count). The van der Waals surface area contributed by atoms with Gasteiger partial charge in [0.1, 0.15) is 11.6 Å². The largest absolute Gasteiger partial charge is 0.325 e. The first-order valence-electron chi connectivity index (χ1n) is 13.5. The monoisotopic (exact) mass is 571 g/mol. The van der Waals surface area contributed by atoms with E-state index >= 15 is 0 Å². The topological polar surface area (TPSA) is 93.3 Å². The van der Waals surface area contributed by atoms with Crippen LogP contribution in [0.25, 0.3) is 11.3 Å². The van der Waals surface area contributed by atoms with E-state index in [2.05, 4.69) is 15.3 Å². The third-order valence-electron chi connectivity index (χ3n) is 7.89. The molecule has 0 radical (unpaired) electrons. The van der Waals surface area contributed by atoms with Gasteiger partial charge in [-0.1, -0.05) is 23.7 Å². The van der Waals surface area contributed by atoms with Crippen LogP contribution in [0.3, 0.4) is 0 Å². The molecule has 1 aliphatic heterocycles. The number of carbonyl (C=O) groups is 1. The summed E-state index contributed by atoms with van der Waals surface area (Å²) in [5.41, 5.74) is 9.78. The smallest absolute Gasteiger partial charge is 0.227 e. The van der Waals surface area contributed by atoms with E-state index in [4.69, 9.17) is 22.3 Å². The molecule has 41 heavy (non-hydrogen) atoms. The number of rotatable bonds is 5. The second-order valence-corrected chi connectivity index (χ2v) is 11.5. The Morgan fingerprint density at radius 3 is 2.44 bits per heavy atom. The average molecular weight is 572 g/mol. The lowest BCUT2D eigenvalue weighted by atomic mass is 9.75. The van der Waals surface area contributed by atoms with E-state index in [1.807, 2.05) is 31.2 Å². The number of nitrogens with two attached hydrogens (primary N) is 1. The summed E-state index contributed by atoms with van der Waals surface area (Å²) in [6.45, 7) is 2.17. The van der Waals surface area contributed by atoms with E-state index in [-0.39, 0.29) is 35.1 Å². The fraction of sp³-hybridized carbons (Fsp3) is 0.250. The zero-order valence-electron chi connectivity index (χ0n) is 22.4. The lowest BCUT2D eigenvalue weighted by Crippen LogP contribution is -2.41. The number of aliphatic imine (C=N–C) groups is 1. The Morgan fingerprint density at radius 2 is 1.73 bits per heavy atom. The van der Waals surface area contributed by atoms with Crippen LogP contribution in [0, 0.1) is 17.6 Å². The van der Waals surface area contributed by atoms with Crippen molar-refractivity contribution >= 4 is 34.7 Å². The minimum absolute atomic E-state index is 0.00290. The maximum atomic E-state index is 14.8. The predicted molar refractivity (Wildman–Crippen MR) is 157 cm³/mol. The third-order valence-corrected chi connectivity index (χ3v) is 8.12. The number of nitrogens with zero attached hydrogens (tertiary/aromatic N) is 3. The molecule has 0 amide bonds. The summed E-state index contributed by atoms with van der Waals surface area (Å²) in [5, 5.41) is 3.61. The van der Waals surface area contributed by atoms with Crippen molar-refractivity contribution in [1.82, 2.24) is 9.97 Å². The van der Waals surface area contributed by atoms with E-state index in [1.54, 1.807) is 24.4 Å². The van der Waals surface area contributed by atoms with E-state index in [0.717, 1.165) is 31.4 Å². The number of ketones is 1. The molecule has 3 N–H and O–H groups in total. The van der Waals surface area contributed by atoms with Gasteiger partial charge in [0.2, 0.25) is 5.95 Å². The molecule has 0 atom stereocenters. The van der Waals surface area contributed by atoms with Crippen molar-refractivity contribution in [3.8, 4) is 11.3 Å². The molecule has 1 aromatic heterocycles. The second kappa shape index (κ2) is 10.8. The maximum absolute atomic E-state index is 14.8. The molecule has 0 bridgehead atoms. The lowest BCUT2D eigenvalue weighted by Gasteiger charge is -2.33. The Bertz CT molecular complexity index is 1660. The van der Waals surface area contributed by atoms with Crippen molar-refractivity contribution in [3.05, 3.63) is 106 Å². The van der Waals surface area contributed by atoms with Gasteiger partial charge in [0.15, 0.2) is 5.78 Å². The molecule has 1 aliphatic carbocycles. The van der Waals surface area contributed by atoms with Crippen LogP contribution in [0.4, 0.5) is 20.4 Å². The summed E-state index contributed by atoms with van der Waals surface area (Å²) in [6, 6.07) is 16.1. The Labute approximate surface area is 241 Å². The maximum Gasteiger partial charge on any atom is 0.227 e. The third kappa shape index (κ3) is 5.49. The van der Waals surface area contributed by atoms with Crippen molar-refractivity contribution in [3.63, 3.8) is 0 Å². The van der Waals surface area contributed by atoms with Gasteiger partial charge in [0.25, 0.3) is 0 Å². The summed E-state index contributed by atoms with van der Waals surface area (Å²) in [4.78, 5) is 26.8. The van der Waals surface area contributed by atoms with Crippen molar-refractivity contribution in [1.29, 1.82) is 0 Å². The zero-order valence-corrected chi connectivity index (χ0v) is 23.2. The van der Waals surface area contributed by atoms with Gasteiger partial charge in [-0.05, 0) is 81.1 Å². The number of halogens is 3. The van der Waals surface area contributed by atoms with Crippen molar-refractivity contribution in [2.24, 2.45) is 16.6 Å². The normalized spacial score (nSPS) is 19.9. The number of benzene rings is 3. The van der Waals surface area contributed by atoms with Crippen LogP contribution in [0.1, 0.15) is 59.7 Å². The zero-order chi connectivity index (χ0) is 28.7. The number of hydrogen-bond acceptors (Lipinski definition) is 6. The number of anilines is 2. The van der Waals surface area contributed by atoms with Crippen molar-refractivity contribution < 1.29 is 13.6 Å². The van der Waals surface area contributed by atoms with Crippen LogP contribution in [-0.4, -0.2) is 27.0 Å². The van der Waals surface area contributed by atoms with Gasteiger partial charge in [-0.3, -0.25) is 9.79 Å². The Hall–Kier alpha value is -4.01. The minimum Gasteiger partial charge on any atom is -0.325 e. The van der Waals surface area contributed by atoms with Crippen LogP contribution in [0.15, 0.2) is 71.9 Å². The molecular weight excluding hydrogens is 544 g/mol. The van der Waals surface area contributed by atoms with Gasteiger partial charge in [-0.15, -0.1) is 0 Å². The van der Waals surface area contributed by atoms with Crippen LogP contribution in [-0.2, 0) is 6.54 Å². The lowest BCUT2D eigenvalue weighted by molar-refractivity contribution is 0.0867. The summed E-state index contributed by atoms with van der Waals surface area (Å²) in [5.74, 6) is -0.948. The van der Waals surface area contributed by atoms with E-state index < -0.39 is 11.6 Å². The highest BCUT2D eigenvalue weighted by Crippen LogP contribution is 2.35. The molecule has 6 nitrogen and oxygen atoms in total. The standard InChI is InChI=1S/C32H28ClF2N5O/c1-32(36)13-11-19(12-14-32)30(41)18-5-8-22(9-6-18)39-31-38-17-20-16-37-29(27-25(34)3-2-4-26(27)35)24-15-21(33)7-10-23(24)28(20)40-31/h2-10,15,17,19H,11-14,16,36H2,1H3,(H,38,39,40). The number of aromatic nitrogens is 2. The van der Waals surface area contributed by atoms with Crippen LogP contribution in [0.5, 0.6) is 0 Å². The summed E-state index contributed by atoms with van der Waals surface area (Å²) in [6.07, 6.45) is 4.94. The molecule has 0 unspecified atom stereocenters. The highest BCUT2D eigenvalue weighted by atomic mass is 35.5. The number of fused-ring (bicyclic) bond motifs is 3. The molecule has 3 aromatic carbocycles. The van der Waals surface area contributed by atoms with Crippen molar-refractivity contribution in [2.45, 2.75) is 44.7 Å². The SMILES string of the molecule is CC1(N)CCC(C(=O)c2ccc(Nc3ncc4c(n3)-c3ccc(Cl)cc3C(c3c(F)cccc3F)=NC4)cc2)CC1. The van der Waals surface area contributed by atoms with E-state index in [9.17, 15) is 13.6 Å². The first-order chi connectivity index (χ1) is 19.7. The molecule has 208 valence electrons. The number of nitrogens with one attached hydrogen (secondary N) is 1. The number of carbonyl (C=O) groups excluding carboxylic acids is 1. The van der Waals surface area contributed by atoms with Gasteiger partial charge < -0.3 is 11.1 Å². The predicted octanol–water partition coefficient (Wildman–Crippen LogP) is 7.26. The molecule has 2 heterocycles. The molecule has 2 aliphatic rings. The second-order valence-electron chi connectivity index (χ2n) is 11.0. The Balaban J connectivity index is 1.27. The van der Waals surface area contributed by atoms with Gasteiger partial charge in [-0.25, -0.2) is 18.7 Å². The minimum atomic E-state index is -0.711. The summed E-state index contributed by atoms with van der Waals surface area (Å²) >= 11 is 6.31. The quantitative estimate of drug-likeness (QED) is 0.246. The molecule has 0 saturated heterocycles. The van der Waals surface area contributed by atoms with Crippen LogP contribution >= 0.6 is 11.6 Å². The summed E-state index contributed by atoms with van der Waals surface area (Å²) in [7, 11) is 0. The number of Topliss-reactive ketones (excluding diaryl/α,β-unsaturated/α-hetero) is 1. The van der Waals surface area contributed by atoms with Gasteiger partial charge in [0, 0.05) is 50.6 Å². The van der Waals surface area contributed by atoms with Gasteiger partial charge in [-0.2, -0.15) is 0 Å². The van der Waals surface area contributed by atoms with Crippen LogP contribution < -0.4 is 11.1 Å². The highest BCUT2D eigenvalue weighted by molar-refractivity contribution is 6.31. The molecule has 0 spiro atoms. The molecule has 1 saturated carbocycles. The first kappa shape index (κ1) is 27.2. The van der Waals surface area contributed by atoms with E-state index in [0.29, 0.717) is 38.9 Å². The Kier molecular flexibility index (Phi) is 7.13. The summed E-state index contributed by atoms with van der Waals surface area (Å²) < 4.78 is 29.6. The van der Waals surface area contributed by atoms with Gasteiger partial charge in [0.05, 0.1) is 23.5 Å².